The maximum Gasteiger partial charge on any atom is 0.276 e. The number of hydrazine groups is 1. The van der Waals surface area contributed by atoms with Gasteiger partial charge in [0.05, 0.1) is 19.3 Å². The third kappa shape index (κ3) is 6.19. The fourth-order valence-corrected chi connectivity index (χ4v) is 4.12. The molecule has 2 aromatic rings. The van der Waals surface area contributed by atoms with Crippen molar-refractivity contribution in [2.75, 3.05) is 46.0 Å². The first-order valence-corrected chi connectivity index (χ1v) is 11.6. The molecule has 178 valence electrons. The summed E-state index contributed by atoms with van der Waals surface area (Å²) < 4.78 is 16.6. The number of nitrogens with one attached hydrogen (secondary N) is 1. The average Bonchev–Trinajstić information content (AvgIpc) is 3.51. The molecule has 0 bridgehead atoms. The van der Waals surface area contributed by atoms with Gasteiger partial charge in [-0.25, -0.2) is 5.01 Å². The zero-order valence-electron chi connectivity index (χ0n) is 19.3. The number of morpholine rings is 1. The number of hydrogen-bond donors (Lipinski definition) is 1. The lowest BCUT2D eigenvalue weighted by Crippen LogP contribution is -2.49. The Morgan fingerprint density at radius 2 is 2.00 bits per heavy atom. The molecule has 0 spiro atoms. The maximum atomic E-state index is 13.3. The summed E-state index contributed by atoms with van der Waals surface area (Å²) in [6.45, 7) is 7.92. The number of hydrogen-bond acceptors (Lipinski definition) is 7. The molecule has 2 amide bonds. The molecule has 33 heavy (non-hydrogen) atoms. The molecule has 1 atom stereocenters. The van der Waals surface area contributed by atoms with Crippen molar-refractivity contribution in [3.8, 4) is 11.3 Å². The van der Waals surface area contributed by atoms with E-state index in [0.29, 0.717) is 45.2 Å². The molecule has 1 aromatic heterocycles. The van der Waals surface area contributed by atoms with Gasteiger partial charge in [-0.15, -0.1) is 0 Å². The molecule has 0 unspecified atom stereocenters. The lowest BCUT2D eigenvalue weighted by atomic mass is 10.0. The van der Waals surface area contributed by atoms with Crippen LogP contribution in [0.3, 0.4) is 0 Å². The van der Waals surface area contributed by atoms with Gasteiger partial charge in [0.25, 0.3) is 5.91 Å². The van der Waals surface area contributed by atoms with Gasteiger partial charge < -0.3 is 18.9 Å². The van der Waals surface area contributed by atoms with Crippen LogP contribution in [0.25, 0.3) is 11.3 Å². The van der Waals surface area contributed by atoms with E-state index in [0.717, 1.165) is 29.5 Å². The molecular formula is C24H32N4O5. The minimum absolute atomic E-state index is 0.0263. The van der Waals surface area contributed by atoms with Crippen LogP contribution in [-0.2, 0) is 14.3 Å². The fourth-order valence-electron chi connectivity index (χ4n) is 4.12. The number of rotatable bonds is 8. The number of aromatic nitrogens is 1. The van der Waals surface area contributed by atoms with Gasteiger partial charge in [0.1, 0.15) is 0 Å². The van der Waals surface area contributed by atoms with Crippen molar-refractivity contribution in [2.24, 2.45) is 0 Å². The summed E-state index contributed by atoms with van der Waals surface area (Å²) in [5, 5.41) is 5.90. The number of benzene rings is 1. The van der Waals surface area contributed by atoms with E-state index in [1.165, 1.54) is 0 Å². The largest absolute Gasteiger partial charge is 0.379 e. The minimum Gasteiger partial charge on any atom is -0.379 e. The highest BCUT2D eigenvalue weighted by atomic mass is 16.5. The molecule has 2 fully saturated rings. The molecule has 3 heterocycles. The Morgan fingerprint density at radius 1 is 1.18 bits per heavy atom. The number of aryl methyl sites for hydroxylation is 2. The number of carbonyl (C=O) groups excluding carboxylic acids is 2. The number of carbonyl (C=O) groups is 2. The molecule has 2 saturated heterocycles. The second kappa shape index (κ2) is 10.9. The predicted octanol–water partition coefficient (Wildman–Crippen LogP) is 2.33. The molecule has 1 N–H and O–H groups in total. The van der Waals surface area contributed by atoms with Crippen LogP contribution in [0.15, 0.2) is 28.8 Å². The van der Waals surface area contributed by atoms with Crippen molar-refractivity contribution in [2.45, 2.75) is 39.2 Å². The summed E-state index contributed by atoms with van der Waals surface area (Å²) >= 11 is 0. The molecular weight excluding hydrogens is 424 g/mol. The first-order chi connectivity index (χ1) is 16.0. The Bertz CT molecular complexity index is 964. The Balaban J connectivity index is 1.43. The smallest absolute Gasteiger partial charge is 0.276 e. The fraction of sp³-hybridized carbons (Fsp3) is 0.542. The average molecular weight is 457 g/mol. The van der Waals surface area contributed by atoms with Gasteiger partial charge in [-0.2, -0.15) is 0 Å². The first-order valence-electron chi connectivity index (χ1n) is 11.6. The van der Waals surface area contributed by atoms with Crippen LogP contribution in [0.4, 0.5) is 0 Å². The lowest BCUT2D eigenvalue weighted by Gasteiger charge is -2.28. The molecule has 2 aliphatic heterocycles. The Morgan fingerprint density at radius 3 is 2.76 bits per heavy atom. The molecule has 0 saturated carbocycles. The third-order valence-corrected chi connectivity index (χ3v) is 6.03. The highest BCUT2D eigenvalue weighted by Gasteiger charge is 2.26. The van der Waals surface area contributed by atoms with E-state index >= 15 is 0 Å². The highest BCUT2D eigenvalue weighted by molar-refractivity contribution is 5.93. The number of nitrogens with zero attached hydrogens (tertiary/aromatic N) is 3. The normalized spacial score (nSPS) is 18.9. The van der Waals surface area contributed by atoms with Crippen molar-refractivity contribution in [3.63, 3.8) is 0 Å². The summed E-state index contributed by atoms with van der Waals surface area (Å²) in [7, 11) is 0. The van der Waals surface area contributed by atoms with E-state index < -0.39 is 0 Å². The van der Waals surface area contributed by atoms with Crippen molar-refractivity contribution < 1.29 is 23.6 Å². The lowest BCUT2D eigenvalue weighted by molar-refractivity contribution is -0.128. The highest BCUT2D eigenvalue weighted by Crippen LogP contribution is 2.26. The monoisotopic (exact) mass is 456 g/mol. The van der Waals surface area contributed by atoms with Gasteiger partial charge in [-0.3, -0.25) is 15.0 Å². The van der Waals surface area contributed by atoms with Crippen molar-refractivity contribution in [1.29, 1.82) is 0 Å². The van der Waals surface area contributed by atoms with Crippen LogP contribution in [0.2, 0.25) is 0 Å². The van der Waals surface area contributed by atoms with Gasteiger partial charge in [-0.1, -0.05) is 22.9 Å². The quantitative estimate of drug-likeness (QED) is 0.651. The topological polar surface area (TPSA) is 97.1 Å². The minimum atomic E-state index is -0.259. The van der Waals surface area contributed by atoms with Crippen LogP contribution in [0.5, 0.6) is 0 Å². The molecule has 0 aliphatic carbocycles. The van der Waals surface area contributed by atoms with E-state index in [2.05, 4.69) is 10.6 Å². The first kappa shape index (κ1) is 23.4. The van der Waals surface area contributed by atoms with Crippen molar-refractivity contribution >= 4 is 11.8 Å². The molecule has 4 rings (SSSR count). The van der Waals surface area contributed by atoms with E-state index in [-0.39, 0.29) is 36.6 Å². The summed E-state index contributed by atoms with van der Waals surface area (Å²) in [5.41, 5.74) is 6.19. The summed E-state index contributed by atoms with van der Waals surface area (Å²) in [4.78, 5) is 27.4. The van der Waals surface area contributed by atoms with Gasteiger partial charge in [-0.05, 0) is 38.3 Å². The molecule has 0 radical (unpaired) electrons. The van der Waals surface area contributed by atoms with Gasteiger partial charge in [0, 0.05) is 50.8 Å². The number of amides is 2. The molecule has 9 nitrogen and oxygen atoms in total. The van der Waals surface area contributed by atoms with Crippen molar-refractivity contribution in [1.82, 2.24) is 20.5 Å². The summed E-state index contributed by atoms with van der Waals surface area (Å²) in [5.74, 6) is 0.171. The zero-order chi connectivity index (χ0) is 23.2. The van der Waals surface area contributed by atoms with Crippen LogP contribution in [0, 0.1) is 13.8 Å². The van der Waals surface area contributed by atoms with E-state index in [9.17, 15) is 9.59 Å². The SMILES string of the molecule is Cc1ccc(C)c(-c2cc(C(=O)N(CCC(=O)NN3CCOCC3)C[C@@H]3CCCO3)no2)c1. The van der Waals surface area contributed by atoms with Crippen LogP contribution in [-0.4, -0.2) is 79.0 Å². The molecule has 9 heteroatoms. The van der Waals surface area contributed by atoms with E-state index in [4.69, 9.17) is 14.0 Å². The number of ether oxygens (including phenoxy) is 2. The van der Waals surface area contributed by atoms with Gasteiger partial charge in [0.15, 0.2) is 11.5 Å². The van der Waals surface area contributed by atoms with Crippen LogP contribution >= 0.6 is 0 Å². The van der Waals surface area contributed by atoms with E-state index in [1.54, 1.807) is 11.0 Å². The van der Waals surface area contributed by atoms with Crippen LogP contribution in [0.1, 0.15) is 40.9 Å². The second-order valence-electron chi connectivity index (χ2n) is 8.67. The Kier molecular flexibility index (Phi) is 7.74. The molecule has 1 aromatic carbocycles. The molecule has 2 aliphatic rings. The van der Waals surface area contributed by atoms with Gasteiger partial charge >= 0.3 is 0 Å². The van der Waals surface area contributed by atoms with Crippen LogP contribution < -0.4 is 5.43 Å². The Hall–Kier alpha value is -2.75. The standard InChI is InChI=1S/C24H32N4O5/c1-17-5-6-18(2)20(14-17)22-15-21(26-33-22)24(30)27(16-19-4-3-11-32-19)8-7-23(29)25-28-9-12-31-13-10-28/h5-6,14-15,19H,3-4,7-13,16H2,1-2H3,(H,25,29)/t19-/m0/s1. The predicted molar refractivity (Wildman–Crippen MR) is 121 cm³/mol. The third-order valence-electron chi connectivity index (χ3n) is 6.03. The maximum absolute atomic E-state index is 13.3. The van der Waals surface area contributed by atoms with Crippen molar-refractivity contribution in [3.05, 3.63) is 41.1 Å². The van der Waals surface area contributed by atoms with Gasteiger partial charge in [0.2, 0.25) is 5.91 Å². The van der Waals surface area contributed by atoms with E-state index in [1.807, 2.05) is 37.1 Å². The summed E-state index contributed by atoms with van der Waals surface area (Å²) in [6, 6.07) is 7.75. The Labute approximate surface area is 194 Å². The second-order valence-corrected chi connectivity index (χ2v) is 8.67. The zero-order valence-corrected chi connectivity index (χ0v) is 19.3. The summed E-state index contributed by atoms with van der Waals surface area (Å²) in [6.07, 6.45) is 2.04.